The first kappa shape index (κ1) is 31.1. The van der Waals surface area contributed by atoms with Crippen molar-refractivity contribution in [3.05, 3.63) is 181 Å². The van der Waals surface area contributed by atoms with Crippen LogP contribution in [0.25, 0.3) is 99.5 Å². The smallest absolute Gasteiger partial charge is 0.135 e. The molecule has 10 aromatic rings. The monoisotopic (exact) mass is 688 g/mol. The van der Waals surface area contributed by atoms with Crippen molar-refractivity contribution >= 4 is 43.9 Å². The standard InChI is InChI=1S/C50H28N2O2/c51-29-31-10-8-14-36(24-31)48-40(34-20-22-46-42(26-34)38-16-4-6-18-44(38)53-46)28-41(35-21-23-47-43(27-35)39-17-5-7-19-45(39)54-47)49(37-15-9-11-32(25-37)30-52)50(48)33-12-2-1-3-13-33/h1-28H. The Morgan fingerprint density at radius 2 is 0.759 bits per heavy atom. The second kappa shape index (κ2) is 12.5. The highest BCUT2D eigenvalue weighted by Gasteiger charge is 2.25. The molecule has 0 aliphatic rings. The molecule has 0 saturated carbocycles. The summed E-state index contributed by atoms with van der Waals surface area (Å²) in [6, 6.07) is 62.1. The zero-order valence-corrected chi connectivity index (χ0v) is 28.9. The minimum absolute atomic E-state index is 0.572. The lowest BCUT2D eigenvalue weighted by molar-refractivity contribution is 0.668. The first-order valence-corrected chi connectivity index (χ1v) is 17.8. The molecule has 4 heteroatoms. The number of fused-ring (bicyclic) bond motifs is 6. The van der Waals surface area contributed by atoms with Crippen LogP contribution < -0.4 is 0 Å². The number of para-hydroxylation sites is 2. The van der Waals surface area contributed by atoms with Crippen molar-refractivity contribution in [2.45, 2.75) is 0 Å². The van der Waals surface area contributed by atoms with E-state index in [-0.39, 0.29) is 0 Å². The van der Waals surface area contributed by atoms with Crippen LogP contribution in [-0.4, -0.2) is 0 Å². The van der Waals surface area contributed by atoms with Crippen LogP contribution in [-0.2, 0) is 0 Å². The predicted octanol–water partition coefficient (Wildman–Crippen LogP) is 13.6. The van der Waals surface area contributed by atoms with Crippen molar-refractivity contribution in [2.24, 2.45) is 0 Å². The summed E-state index contributed by atoms with van der Waals surface area (Å²) in [4.78, 5) is 0. The average molecular weight is 689 g/mol. The van der Waals surface area contributed by atoms with Crippen LogP contribution in [0, 0.1) is 22.7 Å². The van der Waals surface area contributed by atoms with Gasteiger partial charge in [-0.25, -0.2) is 0 Å². The summed E-state index contributed by atoms with van der Waals surface area (Å²) >= 11 is 0. The van der Waals surface area contributed by atoms with Crippen LogP contribution >= 0.6 is 0 Å². The third kappa shape index (κ3) is 5.06. The summed E-state index contributed by atoms with van der Waals surface area (Å²) in [5, 5.41) is 24.4. The van der Waals surface area contributed by atoms with Gasteiger partial charge in [0.05, 0.1) is 23.3 Å². The zero-order valence-electron chi connectivity index (χ0n) is 28.9. The SMILES string of the molecule is N#Cc1cccc(-c2c(-c3ccc4oc5ccccc5c4c3)cc(-c3ccc4oc5ccccc5c4c3)c(-c3cccc(C#N)c3)c2-c2ccccc2)c1. The highest BCUT2D eigenvalue weighted by molar-refractivity contribution is 6.12. The second-order valence-electron chi connectivity index (χ2n) is 13.5. The maximum Gasteiger partial charge on any atom is 0.135 e. The Hall–Kier alpha value is -7.66. The fraction of sp³-hybridized carbons (Fsp3) is 0. The van der Waals surface area contributed by atoms with Gasteiger partial charge in [-0.15, -0.1) is 0 Å². The second-order valence-corrected chi connectivity index (χ2v) is 13.5. The molecule has 0 bridgehead atoms. The maximum absolute atomic E-state index is 10.1. The molecule has 0 aliphatic heterocycles. The summed E-state index contributed by atoms with van der Waals surface area (Å²) < 4.78 is 12.5. The van der Waals surface area contributed by atoms with Crippen molar-refractivity contribution in [3.63, 3.8) is 0 Å². The summed E-state index contributed by atoms with van der Waals surface area (Å²) in [6.07, 6.45) is 0. The Morgan fingerprint density at radius 3 is 1.26 bits per heavy atom. The fourth-order valence-corrected chi connectivity index (χ4v) is 7.91. The lowest BCUT2D eigenvalue weighted by atomic mass is 9.78. The van der Waals surface area contributed by atoms with Crippen LogP contribution in [0.5, 0.6) is 0 Å². The lowest BCUT2D eigenvalue weighted by Gasteiger charge is -2.24. The average Bonchev–Trinajstić information content (AvgIpc) is 3.81. The summed E-state index contributed by atoms with van der Waals surface area (Å²) in [6.45, 7) is 0. The predicted molar refractivity (Wildman–Crippen MR) is 218 cm³/mol. The Balaban J connectivity index is 1.40. The van der Waals surface area contributed by atoms with Gasteiger partial charge in [0.15, 0.2) is 0 Å². The molecule has 0 spiro atoms. The van der Waals surface area contributed by atoms with Crippen LogP contribution in [0.2, 0.25) is 0 Å². The maximum atomic E-state index is 10.1. The Kier molecular flexibility index (Phi) is 7.22. The van der Waals surface area contributed by atoms with E-state index in [1.54, 1.807) is 0 Å². The van der Waals surface area contributed by atoms with Gasteiger partial charge in [-0.2, -0.15) is 10.5 Å². The highest BCUT2D eigenvalue weighted by atomic mass is 16.3. The van der Waals surface area contributed by atoms with Crippen molar-refractivity contribution in [1.29, 1.82) is 10.5 Å². The van der Waals surface area contributed by atoms with Gasteiger partial charge >= 0.3 is 0 Å². The highest BCUT2D eigenvalue weighted by Crippen LogP contribution is 2.51. The number of rotatable bonds is 5. The molecule has 0 fully saturated rings. The third-order valence-electron chi connectivity index (χ3n) is 10.3. The van der Waals surface area contributed by atoms with E-state index < -0.39 is 0 Å². The fourth-order valence-electron chi connectivity index (χ4n) is 7.91. The first-order valence-electron chi connectivity index (χ1n) is 17.8. The zero-order chi connectivity index (χ0) is 36.2. The van der Waals surface area contributed by atoms with Crippen LogP contribution in [0.1, 0.15) is 11.1 Å². The molecule has 0 unspecified atom stereocenters. The molecule has 0 aliphatic carbocycles. The number of benzene rings is 8. The van der Waals surface area contributed by atoms with E-state index in [0.29, 0.717) is 11.1 Å². The van der Waals surface area contributed by atoms with Gasteiger partial charge in [0.1, 0.15) is 22.3 Å². The van der Waals surface area contributed by atoms with E-state index in [1.807, 2.05) is 78.9 Å². The molecule has 250 valence electrons. The quantitative estimate of drug-likeness (QED) is 0.180. The minimum atomic E-state index is 0.572. The van der Waals surface area contributed by atoms with Crippen molar-refractivity contribution < 1.29 is 8.83 Å². The van der Waals surface area contributed by atoms with Crippen molar-refractivity contribution in [2.75, 3.05) is 0 Å². The number of hydrogen-bond acceptors (Lipinski definition) is 4. The largest absolute Gasteiger partial charge is 0.456 e. The molecule has 2 aromatic heterocycles. The molecule has 54 heavy (non-hydrogen) atoms. The van der Waals surface area contributed by atoms with Gasteiger partial charge in [0, 0.05) is 21.5 Å². The summed E-state index contributed by atoms with van der Waals surface area (Å²) in [5.74, 6) is 0. The number of hydrogen-bond donors (Lipinski definition) is 0. The molecule has 0 amide bonds. The molecule has 8 aromatic carbocycles. The number of furan rings is 2. The van der Waals surface area contributed by atoms with Gasteiger partial charge in [-0.3, -0.25) is 0 Å². The van der Waals surface area contributed by atoms with Crippen LogP contribution in [0.4, 0.5) is 0 Å². The first-order chi connectivity index (χ1) is 26.7. The van der Waals surface area contributed by atoms with Crippen LogP contribution in [0.15, 0.2) is 179 Å². The summed E-state index contributed by atoms with van der Waals surface area (Å²) in [5.41, 5.74) is 14.3. The Morgan fingerprint density at radius 1 is 0.315 bits per heavy atom. The van der Waals surface area contributed by atoms with E-state index in [0.717, 1.165) is 99.5 Å². The summed E-state index contributed by atoms with van der Waals surface area (Å²) in [7, 11) is 0. The van der Waals surface area contributed by atoms with E-state index >= 15 is 0 Å². The van der Waals surface area contributed by atoms with Crippen molar-refractivity contribution in [1.82, 2.24) is 0 Å². The van der Waals surface area contributed by atoms with Crippen LogP contribution in [0.3, 0.4) is 0 Å². The van der Waals surface area contributed by atoms with E-state index in [1.165, 1.54) is 0 Å². The Labute approximate surface area is 311 Å². The number of nitrogens with zero attached hydrogens (tertiary/aromatic N) is 2. The molecule has 4 nitrogen and oxygen atoms in total. The van der Waals surface area contributed by atoms with Gasteiger partial charge in [-0.05, 0) is 122 Å². The third-order valence-corrected chi connectivity index (χ3v) is 10.3. The van der Waals surface area contributed by atoms with Gasteiger partial charge in [0.25, 0.3) is 0 Å². The van der Waals surface area contributed by atoms with E-state index in [9.17, 15) is 10.5 Å². The number of nitriles is 2. The topological polar surface area (TPSA) is 73.9 Å². The molecule has 0 N–H and O–H groups in total. The Bertz CT molecular complexity index is 3000. The van der Waals surface area contributed by atoms with Crippen molar-refractivity contribution in [3.8, 4) is 67.8 Å². The van der Waals surface area contributed by atoms with E-state index in [2.05, 4.69) is 103 Å². The molecule has 0 atom stereocenters. The molecular weight excluding hydrogens is 661 g/mol. The normalized spacial score (nSPS) is 11.3. The van der Waals surface area contributed by atoms with Gasteiger partial charge < -0.3 is 8.83 Å². The molecular formula is C50H28N2O2. The molecule has 0 radical (unpaired) electrons. The molecule has 0 saturated heterocycles. The lowest BCUT2D eigenvalue weighted by Crippen LogP contribution is -1.98. The van der Waals surface area contributed by atoms with Gasteiger partial charge in [-0.1, -0.05) is 103 Å². The van der Waals surface area contributed by atoms with Gasteiger partial charge in [0.2, 0.25) is 0 Å². The minimum Gasteiger partial charge on any atom is -0.456 e. The molecule has 10 rings (SSSR count). The van der Waals surface area contributed by atoms with E-state index in [4.69, 9.17) is 8.83 Å². The molecule has 2 heterocycles.